The van der Waals surface area contributed by atoms with Gasteiger partial charge in [-0.25, -0.2) is 9.98 Å². The average Bonchev–Trinajstić information content (AvgIpc) is 2.33. The van der Waals surface area contributed by atoms with Crippen molar-refractivity contribution in [2.24, 2.45) is 20.0 Å². The molecule has 0 aromatic carbocycles. The monoisotopic (exact) mass is 154 g/mol. The maximum atomic E-state index is 5.50. The third-order valence-electron chi connectivity index (χ3n) is 1.21. The van der Waals surface area contributed by atoms with Gasteiger partial charge in [-0.2, -0.15) is 4.99 Å². The number of hydrogen-bond acceptors (Lipinski definition) is 4. The lowest BCUT2D eigenvalue weighted by atomic mass is 10.3. The van der Waals surface area contributed by atoms with E-state index in [0.717, 1.165) is 0 Å². The van der Waals surface area contributed by atoms with Gasteiger partial charge in [0.05, 0.1) is 0 Å². The number of hydrogen-bond donors (Lipinski definition) is 0. The maximum absolute atomic E-state index is 5.50. The number of rotatable bonds is 0. The van der Waals surface area contributed by atoms with Crippen molar-refractivity contribution < 1.29 is 0 Å². The van der Waals surface area contributed by atoms with Gasteiger partial charge in [-0.05, 0) is 11.6 Å². The van der Waals surface area contributed by atoms with Crippen LogP contribution in [0.15, 0.2) is 20.0 Å². The van der Waals surface area contributed by atoms with Gasteiger partial charge in [-0.15, -0.1) is 0 Å². The fraction of sp³-hybridized carbons (Fsp3) is 0.200. The maximum Gasteiger partial charge on any atom is 0.223 e. The van der Waals surface area contributed by atoms with Gasteiger partial charge >= 0.3 is 0 Å². The summed E-state index contributed by atoms with van der Waals surface area (Å²) >= 11 is 5.50. The molecule has 0 aromatic heterocycles. The number of halogens is 1. The number of amidine groups is 2. The minimum absolute atomic E-state index is 0.0949. The zero-order chi connectivity index (χ0) is 6.97. The third-order valence-corrected chi connectivity index (χ3v) is 1.39. The van der Waals surface area contributed by atoms with E-state index in [0.29, 0.717) is 5.84 Å². The van der Waals surface area contributed by atoms with Crippen LogP contribution < -0.4 is 0 Å². The van der Waals surface area contributed by atoms with Gasteiger partial charge in [0.2, 0.25) is 5.29 Å². The topological polar surface area (TPSA) is 49.4 Å². The van der Waals surface area contributed by atoms with Crippen LogP contribution in [0, 0.1) is 0 Å². The van der Waals surface area contributed by atoms with E-state index < -0.39 is 0 Å². The molecule has 2 aliphatic rings. The quantitative estimate of drug-likeness (QED) is 0.456. The molecule has 0 aliphatic carbocycles. The van der Waals surface area contributed by atoms with Crippen LogP contribution in [0.3, 0.4) is 0 Å². The van der Waals surface area contributed by atoms with Crippen LogP contribution in [0.25, 0.3) is 0 Å². The number of aliphatic imine (C=N–C) groups is 4. The Bertz CT molecular complexity index is 275. The molecule has 1 unspecified atom stereocenters. The molecule has 10 heavy (non-hydrogen) atoms. The Morgan fingerprint density at radius 2 is 2.40 bits per heavy atom. The fourth-order valence-corrected chi connectivity index (χ4v) is 0.906. The molecule has 4 nitrogen and oxygen atoms in total. The van der Waals surface area contributed by atoms with Crippen molar-refractivity contribution >= 4 is 35.3 Å². The zero-order valence-corrected chi connectivity index (χ0v) is 5.65. The van der Waals surface area contributed by atoms with E-state index in [1.54, 1.807) is 6.21 Å². The van der Waals surface area contributed by atoms with Crippen molar-refractivity contribution in [1.82, 2.24) is 0 Å². The number of nitrogens with zero attached hydrogens (tertiary/aromatic N) is 4. The molecule has 0 spiro atoms. The van der Waals surface area contributed by atoms with E-state index in [4.69, 9.17) is 11.6 Å². The molecule has 0 saturated carbocycles. The molecule has 2 rings (SSSR count). The molecule has 2 heterocycles. The minimum Gasteiger partial charge on any atom is -0.256 e. The largest absolute Gasteiger partial charge is 0.256 e. The predicted molar refractivity (Wildman–Crippen MR) is 41.5 cm³/mol. The summed E-state index contributed by atoms with van der Waals surface area (Å²) in [6.45, 7) is 0. The first-order valence-corrected chi connectivity index (χ1v) is 3.12. The van der Waals surface area contributed by atoms with E-state index in [1.807, 2.05) is 0 Å². The first-order chi connectivity index (χ1) is 4.86. The predicted octanol–water partition coefficient (Wildman–Crippen LogP) is 0.475. The second kappa shape index (κ2) is 1.98. The molecule has 5 heteroatoms. The summed E-state index contributed by atoms with van der Waals surface area (Å²) in [6, 6.07) is -0.0949. The molecule has 2 aliphatic heterocycles. The van der Waals surface area contributed by atoms with Crippen LogP contribution in [0.1, 0.15) is 0 Å². The summed E-state index contributed by atoms with van der Waals surface area (Å²) in [4.78, 5) is 15.4. The van der Waals surface area contributed by atoms with Gasteiger partial charge in [0, 0.05) is 6.21 Å². The van der Waals surface area contributed by atoms with Crippen molar-refractivity contribution in [3.63, 3.8) is 0 Å². The Kier molecular flexibility index (Phi) is 1.14. The fourth-order valence-electron chi connectivity index (χ4n) is 0.763. The molecular formula is C5H3ClN4. The van der Waals surface area contributed by atoms with E-state index in [1.165, 1.54) is 6.34 Å². The molecule has 0 saturated heterocycles. The van der Waals surface area contributed by atoms with E-state index in [9.17, 15) is 0 Å². The first-order valence-electron chi connectivity index (χ1n) is 2.74. The average molecular weight is 155 g/mol. The van der Waals surface area contributed by atoms with Gasteiger partial charge in [0.15, 0.2) is 5.84 Å². The molecule has 0 amide bonds. The van der Waals surface area contributed by atoms with Crippen molar-refractivity contribution in [2.75, 3.05) is 0 Å². The van der Waals surface area contributed by atoms with Gasteiger partial charge in [-0.1, -0.05) is 0 Å². The van der Waals surface area contributed by atoms with Crippen LogP contribution in [0.2, 0.25) is 0 Å². The minimum atomic E-state index is -0.0949. The summed E-state index contributed by atoms with van der Waals surface area (Å²) < 4.78 is 0. The Hall–Kier alpha value is -1.03. The van der Waals surface area contributed by atoms with Crippen LogP contribution >= 0.6 is 11.6 Å². The van der Waals surface area contributed by atoms with Crippen molar-refractivity contribution in [3.05, 3.63) is 0 Å². The molecule has 0 bridgehead atoms. The summed E-state index contributed by atoms with van der Waals surface area (Å²) in [6.07, 6.45) is 3.09. The van der Waals surface area contributed by atoms with Crippen molar-refractivity contribution in [3.8, 4) is 0 Å². The smallest absolute Gasteiger partial charge is 0.223 e. The lowest BCUT2D eigenvalue weighted by Crippen LogP contribution is -2.19. The molecule has 0 N–H and O–H groups in total. The van der Waals surface area contributed by atoms with Crippen LogP contribution in [-0.4, -0.2) is 29.7 Å². The van der Waals surface area contributed by atoms with E-state index in [-0.39, 0.29) is 11.3 Å². The summed E-state index contributed by atoms with van der Waals surface area (Å²) in [7, 11) is 0. The first kappa shape index (κ1) is 5.73. The lowest BCUT2D eigenvalue weighted by Gasteiger charge is -2.03. The van der Waals surface area contributed by atoms with Gasteiger partial charge in [0.1, 0.15) is 12.4 Å². The van der Waals surface area contributed by atoms with Gasteiger partial charge in [-0.3, -0.25) is 4.99 Å². The summed E-state index contributed by atoms with van der Waals surface area (Å²) in [5.74, 6) is 0.625. The van der Waals surface area contributed by atoms with Gasteiger partial charge in [0.25, 0.3) is 0 Å². The molecule has 0 radical (unpaired) electrons. The Balaban J connectivity index is 2.39. The Labute approximate surface area is 62.1 Å². The molecular weight excluding hydrogens is 152 g/mol. The second-order valence-electron chi connectivity index (χ2n) is 1.86. The third kappa shape index (κ3) is 0.769. The van der Waals surface area contributed by atoms with Crippen LogP contribution in [-0.2, 0) is 0 Å². The SMILES string of the molecule is ClC1=NC2=NC=NC2C=N1. The highest BCUT2D eigenvalue weighted by Crippen LogP contribution is 2.07. The molecule has 0 aromatic rings. The van der Waals surface area contributed by atoms with Crippen molar-refractivity contribution in [2.45, 2.75) is 6.04 Å². The molecule has 1 atom stereocenters. The van der Waals surface area contributed by atoms with E-state index >= 15 is 0 Å². The van der Waals surface area contributed by atoms with Crippen LogP contribution in [0.4, 0.5) is 0 Å². The summed E-state index contributed by atoms with van der Waals surface area (Å²) in [5.41, 5.74) is 0. The Morgan fingerprint density at radius 1 is 1.50 bits per heavy atom. The molecule has 50 valence electrons. The standard InChI is InChI=1S/C5H3ClN4/c6-5-7-1-3-4(10-5)9-2-8-3/h1-3H. The summed E-state index contributed by atoms with van der Waals surface area (Å²) in [5, 5.41) is 0.223. The highest BCUT2D eigenvalue weighted by atomic mass is 35.5. The van der Waals surface area contributed by atoms with E-state index in [2.05, 4.69) is 20.0 Å². The molecule has 0 fully saturated rings. The normalized spacial score (nSPS) is 27.9. The van der Waals surface area contributed by atoms with Crippen LogP contribution in [0.5, 0.6) is 0 Å². The highest BCUT2D eigenvalue weighted by Gasteiger charge is 2.18. The van der Waals surface area contributed by atoms with Crippen molar-refractivity contribution in [1.29, 1.82) is 0 Å². The lowest BCUT2D eigenvalue weighted by molar-refractivity contribution is 1.17. The highest BCUT2D eigenvalue weighted by molar-refractivity contribution is 6.66. The Morgan fingerprint density at radius 3 is 3.30 bits per heavy atom. The second-order valence-corrected chi connectivity index (χ2v) is 2.19. The zero-order valence-electron chi connectivity index (χ0n) is 4.90. The number of fused-ring (bicyclic) bond motifs is 1. The van der Waals surface area contributed by atoms with Gasteiger partial charge < -0.3 is 0 Å².